The van der Waals surface area contributed by atoms with Crippen LogP contribution < -0.4 is 0 Å². The van der Waals surface area contributed by atoms with E-state index in [2.05, 4.69) is 48.6 Å². The van der Waals surface area contributed by atoms with Gasteiger partial charge in [0.2, 0.25) is 0 Å². The molecule has 0 heterocycles. The van der Waals surface area contributed by atoms with Gasteiger partial charge in [-0.1, -0.05) is 48.6 Å². The topological polar surface area (TPSA) is 0 Å². The summed E-state index contributed by atoms with van der Waals surface area (Å²) in [6.07, 6.45) is 23.5. The van der Waals surface area contributed by atoms with Crippen molar-refractivity contribution in [1.29, 1.82) is 0 Å². The molecule has 0 aromatic rings. The van der Waals surface area contributed by atoms with Crippen LogP contribution in [0.15, 0.2) is 48.6 Å². The van der Waals surface area contributed by atoms with Gasteiger partial charge >= 0.3 is 0 Å². The fourth-order valence-corrected chi connectivity index (χ4v) is 1.27. The average molecular weight is 174 g/mol. The molecule has 0 radical (unpaired) electrons. The quantitative estimate of drug-likeness (QED) is 0.517. The third-order valence-electron chi connectivity index (χ3n) is 2.03. The second-order valence-corrected chi connectivity index (χ2v) is 3.23. The Labute approximate surface area is 81.4 Å². The molecule has 0 nitrogen and oxygen atoms in total. The largest absolute Gasteiger partial charge is 0.0845 e. The van der Waals surface area contributed by atoms with Crippen molar-refractivity contribution >= 4 is 0 Å². The van der Waals surface area contributed by atoms with E-state index in [0.717, 1.165) is 6.42 Å². The summed E-state index contributed by atoms with van der Waals surface area (Å²) in [7, 11) is 0. The Balaban J connectivity index is 2.38. The maximum absolute atomic E-state index is 2.25. The zero-order valence-corrected chi connectivity index (χ0v) is 8.15. The van der Waals surface area contributed by atoms with Crippen LogP contribution in [0.25, 0.3) is 0 Å². The molecule has 0 fully saturated rings. The Morgan fingerprint density at radius 3 is 1.54 bits per heavy atom. The standard InChI is InChI=1S/C13H18/c1-2-4-6-8-10-12-13-11-9-7-5-3-1/h1-4,7,9,11,13H,5-6,8,10,12H2/b3-1+,4-2-,9-7+,13-11+. The highest BCUT2D eigenvalue weighted by molar-refractivity contribution is 5.08. The molecule has 0 bridgehead atoms. The first-order valence-corrected chi connectivity index (χ1v) is 5.13. The molecule has 70 valence electrons. The van der Waals surface area contributed by atoms with Crippen molar-refractivity contribution in [3.63, 3.8) is 0 Å². The lowest BCUT2D eigenvalue weighted by atomic mass is 10.2. The van der Waals surface area contributed by atoms with Gasteiger partial charge in [0, 0.05) is 0 Å². The molecule has 0 aromatic heterocycles. The van der Waals surface area contributed by atoms with Gasteiger partial charge in [-0.3, -0.25) is 0 Å². The van der Waals surface area contributed by atoms with Crippen molar-refractivity contribution in [1.82, 2.24) is 0 Å². The highest BCUT2D eigenvalue weighted by atomic mass is 13.9. The number of allylic oxidation sites excluding steroid dienone is 8. The van der Waals surface area contributed by atoms with Crippen LogP contribution in [0.4, 0.5) is 0 Å². The summed E-state index contributed by atoms with van der Waals surface area (Å²) >= 11 is 0. The van der Waals surface area contributed by atoms with Crippen LogP contribution >= 0.6 is 0 Å². The molecule has 1 rings (SSSR count). The molecular weight excluding hydrogens is 156 g/mol. The van der Waals surface area contributed by atoms with Gasteiger partial charge in [0.15, 0.2) is 0 Å². The Morgan fingerprint density at radius 1 is 0.538 bits per heavy atom. The lowest BCUT2D eigenvalue weighted by Crippen LogP contribution is -1.71. The van der Waals surface area contributed by atoms with Gasteiger partial charge in [0.25, 0.3) is 0 Å². The smallest absolute Gasteiger partial charge is 0.0163 e. The van der Waals surface area contributed by atoms with E-state index < -0.39 is 0 Å². The lowest BCUT2D eigenvalue weighted by molar-refractivity contribution is 0.762. The van der Waals surface area contributed by atoms with Crippen molar-refractivity contribution in [3.8, 4) is 0 Å². The van der Waals surface area contributed by atoms with E-state index in [1.54, 1.807) is 0 Å². The SMILES string of the molecule is C1=C\CCCC/C=C/C=C/C/C=C/1. The summed E-state index contributed by atoms with van der Waals surface area (Å²) in [5, 5.41) is 0. The van der Waals surface area contributed by atoms with Crippen LogP contribution in [0.5, 0.6) is 0 Å². The molecule has 0 amide bonds. The molecule has 0 atom stereocenters. The molecule has 0 unspecified atom stereocenters. The van der Waals surface area contributed by atoms with Gasteiger partial charge in [-0.2, -0.15) is 0 Å². The summed E-state index contributed by atoms with van der Waals surface area (Å²) in [6.45, 7) is 0. The molecular formula is C13H18. The van der Waals surface area contributed by atoms with Crippen molar-refractivity contribution in [2.45, 2.75) is 32.1 Å². The molecule has 0 heteroatoms. The lowest BCUT2D eigenvalue weighted by Gasteiger charge is -1.91. The molecule has 0 aromatic carbocycles. The van der Waals surface area contributed by atoms with Gasteiger partial charge in [-0.05, 0) is 32.1 Å². The van der Waals surface area contributed by atoms with E-state index in [1.165, 1.54) is 25.7 Å². The van der Waals surface area contributed by atoms with Crippen LogP contribution in [0.1, 0.15) is 32.1 Å². The Hall–Kier alpha value is -1.04. The minimum Gasteiger partial charge on any atom is -0.0845 e. The molecule has 0 saturated carbocycles. The molecule has 0 N–H and O–H groups in total. The van der Waals surface area contributed by atoms with Crippen LogP contribution in [0, 0.1) is 0 Å². The third-order valence-corrected chi connectivity index (χ3v) is 2.03. The zero-order valence-electron chi connectivity index (χ0n) is 8.15. The van der Waals surface area contributed by atoms with Gasteiger partial charge in [0.05, 0.1) is 0 Å². The molecule has 1 aliphatic carbocycles. The zero-order chi connectivity index (χ0) is 9.19. The van der Waals surface area contributed by atoms with Crippen LogP contribution in [-0.2, 0) is 0 Å². The third kappa shape index (κ3) is 6.15. The Bertz CT molecular complexity index is 192. The maximum atomic E-state index is 2.25. The monoisotopic (exact) mass is 174 g/mol. The van der Waals surface area contributed by atoms with Crippen molar-refractivity contribution in [3.05, 3.63) is 48.6 Å². The predicted octanol–water partition coefficient (Wildman–Crippen LogP) is 4.18. The first kappa shape index (κ1) is 10.0. The van der Waals surface area contributed by atoms with Gasteiger partial charge < -0.3 is 0 Å². The number of hydrogen-bond acceptors (Lipinski definition) is 0. The van der Waals surface area contributed by atoms with Gasteiger partial charge in [-0.15, -0.1) is 0 Å². The molecule has 0 saturated heterocycles. The summed E-state index contributed by atoms with van der Waals surface area (Å²) in [5.41, 5.74) is 0. The predicted molar refractivity (Wildman–Crippen MR) is 59.6 cm³/mol. The second kappa shape index (κ2) is 7.60. The fraction of sp³-hybridized carbons (Fsp3) is 0.385. The van der Waals surface area contributed by atoms with E-state index in [9.17, 15) is 0 Å². The van der Waals surface area contributed by atoms with Crippen LogP contribution in [0.2, 0.25) is 0 Å². The molecule has 13 heavy (non-hydrogen) atoms. The first-order chi connectivity index (χ1) is 6.50. The summed E-state index contributed by atoms with van der Waals surface area (Å²) in [5.74, 6) is 0. The normalized spacial score (nSPS) is 28.9. The highest BCUT2D eigenvalue weighted by Crippen LogP contribution is 2.02. The minimum atomic E-state index is 1.04. The second-order valence-electron chi connectivity index (χ2n) is 3.23. The van der Waals surface area contributed by atoms with E-state index >= 15 is 0 Å². The van der Waals surface area contributed by atoms with E-state index in [0.29, 0.717) is 0 Å². The molecule has 1 aliphatic rings. The van der Waals surface area contributed by atoms with Crippen molar-refractivity contribution in [2.75, 3.05) is 0 Å². The summed E-state index contributed by atoms with van der Waals surface area (Å²) in [6, 6.07) is 0. The van der Waals surface area contributed by atoms with Crippen LogP contribution in [-0.4, -0.2) is 0 Å². The van der Waals surface area contributed by atoms with Gasteiger partial charge in [-0.25, -0.2) is 0 Å². The van der Waals surface area contributed by atoms with Crippen LogP contribution in [0.3, 0.4) is 0 Å². The first-order valence-electron chi connectivity index (χ1n) is 5.13. The summed E-state index contributed by atoms with van der Waals surface area (Å²) in [4.78, 5) is 0. The average Bonchev–Trinajstić information content (AvgIpc) is 2.18. The van der Waals surface area contributed by atoms with Crippen molar-refractivity contribution in [2.24, 2.45) is 0 Å². The van der Waals surface area contributed by atoms with E-state index in [-0.39, 0.29) is 0 Å². The number of hydrogen-bond donors (Lipinski definition) is 0. The van der Waals surface area contributed by atoms with E-state index in [4.69, 9.17) is 0 Å². The molecule has 0 aliphatic heterocycles. The maximum Gasteiger partial charge on any atom is -0.0163 e. The number of rotatable bonds is 0. The fourth-order valence-electron chi connectivity index (χ4n) is 1.27. The van der Waals surface area contributed by atoms with Gasteiger partial charge in [0.1, 0.15) is 0 Å². The van der Waals surface area contributed by atoms with E-state index in [1.807, 2.05) is 0 Å². The Kier molecular flexibility index (Phi) is 5.87. The molecule has 0 spiro atoms. The Morgan fingerprint density at radius 2 is 1.00 bits per heavy atom. The van der Waals surface area contributed by atoms with Crippen molar-refractivity contribution < 1.29 is 0 Å². The summed E-state index contributed by atoms with van der Waals surface area (Å²) < 4.78 is 0. The minimum absolute atomic E-state index is 1.04. The highest BCUT2D eigenvalue weighted by Gasteiger charge is 1.82.